The first-order chi connectivity index (χ1) is 32.7. The maximum Gasteiger partial charge on any atom is 0.0159 e. The number of rotatable bonds is 15. The number of benzene rings is 7. The van der Waals surface area contributed by atoms with Crippen LogP contribution in [0.5, 0.6) is 0 Å². The van der Waals surface area contributed by atoms with Crippen LogP contribution in [0.15, 0.2) is 224 Å². The number of aryl methyl sites for hydroxylation is 2. The average Bonchev–Trinajstić information content (AvgIpc) is 3.59. The largest absolute Gasteiger partial charge is 0.0958 e. The van der Waals surface area contributed by atoms with Gasteiger partial charge in [-0.15, -0.1) is 0 Å². The van der Waals surface area contributed by atoms with Gasteiger partial charge in [0, 0.05) is 5.41 Å². The molecule has 0 heterocycles. The Morgan fingerprint density at radius 1 is 0.537 bits per heavy atom. The van der Waals surface area contributed by atoms with Gasteiger partial charge in [-0.25, -0.2) is 0 Å². The molecule has 0 spiro atoms. The quantitative estimate of drug-likeness (QED) is 0.0711. The molecule has 7 aromatic rings. The molecule has 0 fully saturated rings. The predicted octanol–water partition coefficient (Wildman–Crippen LogP) is 16.8. The van der Waals surface area contributed by atoms with Crippen LogP contribution in [0.2, 0.25) is 0 Å². The molecule has 0 aromatic heterocycles. The van der Waals surface area contributed by atoms with Gasteiger partial charge in [0.05, 0.1) is 0 Å². The molecule has 1 aliphatic rings. The Morgan fingerprint density at radius 2 is 1.19 bits per heavy atom. The van der Waals surface area contributed by atoms with Crippen molar-refractivity contribution in [2.45, 2.75) is 72.6 Å². The zero-order valence-electron chi connectivity index (χ0n) is 40.4. The van der Waals surface area contributed by atoms with Crippen molar-refractivity contribution >= 4 is 28.5 Å². The molecule has 7 aromatic carbocycles. The van der Waals surface area contributed by atoms with E-state index < -0.39 is 0 Å². The first-order valence-corrected chi connectivity index (χ1v) is 24.2. The third-order valence-electron chi connectivity index (χ3n) is 13.6. The molecule has 1 aliphatic carbocycles. The van der Waals surface area contributed by atoms with Gasteiger partial charge in [0.2, 0.25) is 0 Å². The van der Waals surface area contributed by atoms with Gasteiger partial charge in [0.15, 0.2) is 0 Å². The lowest BCUT2D eigenvalue weighted by atomic mass is 9.80. The third kappa shape index (κ3) is 9.68. The Labute approximate surface area is 400 Å². The van der Waals surface area contributed by atoms with E-state index in [1.165, 1.54) is 66.4 Å². The van der Waals surface area contributed by atoms with Gasteiger partial charge in [0.25, 0.3) is 0 Å². The summed E-state index contributed by atoms with van der Waals surface area (Å²) in [5.74, 6) is 0. The van der Waals surface area contributed by atoms with Crippen molar-refractivity contribution in [1.29, 1.82) is 0 Å². The van der Waals surface area contributed by atoms with Crippen LogP contribution in [0.4, 0.5) is 0 Å². The van der Waals surface area contributed by atoms with Crippen molar-refractivity contribution in [2.24, 2.45) is 0 Å². The number of hydrogen-bond donors (Lipinski definition) is 0. The summed E-state index contributed by atoms with van der Waals surface area (Å²) in [5.41, 5.74) is 19.7. The molecule has 0 amide bonds. The summed E-state index contributed by atoms with van der Waals surface area (Å²) in [6.07, 6.45) is 25.6. The Kier molecular flexibility index (Phi) is 14.4. The molecule has 332 valence electrons. The second-order valence-corrected chi connectivity index (χ2v) is 18.1. The van der Waals surface area contributed by atoms with E-state index in [1.807, 2.05) is 0 Å². The highest BCUT2D eigenvalue weighted by atomic mass is 14.4. The lowest BCUT2D eigenvalue weighted by molar-refractivity contribution is 0.660. The molecule has 0 bridgehead atoms. The van der Waals surface area contributed by atoms with Crippen molar-refractivity contribution in [2.75, 3.05) is 0 Å². The van der Waals surface area contributed by atoms with Crippen LogP contribution >= 0.6 is 0 Å². The van der Waals surface area contributed by atoms with Gasteiger partial charge in [-0.1, -0.05) is 248 Å². The summed E-state index contributed by atoms with van der Waals surface area (Å²) in [6.45, 7) is 22.6. The van der Waals surface area contributed by atoms with E-state index >= 15 is 0 Å². The highest BCUT2D eigenvalue weighted by Gasteiger charge is 2.35. The second kappa shape index (κ2) is 20.9. The van der Waals surface area contributed by atoms with Crippen molar-refractivity contribution in [3.05, 3.63) is 268 Å². The van der Waals surface area contributed by atoms with Crippen LogP contribution in [-0.2, 0) is 18.3 Å². The fourth-order valence-electron chi connectivity index (χ4n) is 9.81. The first kappa shape index (κ1) is 46.3. The molecular formula is C67H64. The molecule has 0 saturated heterocycles. The molecule has 67 heavy (non-hydrogen) atoms. The lowest BCUT2D eigenvalue weighted by Crippen LogP contribution is -2.28. The fourth-order valence-corrected chi connectivity index (χ4v) is 9.81. The second-order valence-electron chi connectivity index (χ2n) is 18.1. The molecule has 0 saturated carbocycles. The van der Waals surface area contributed by atoms with E-state index in [1.54, 1.807) is 0 Å². The summed E-state index contributed by atoms with van der Waals surface area (Å²) in [5, 5.41) is 4.52. The molecule has 8 rings (SSSR count). The molecule has 0 heteroatoms. The van der Waals surface area contributed by atoms with Gasteiger partial charge in [-0.3, -0.25) is 0 Å². The summed E-state index contributed by atoms with van der Waals surface area (Å²) < 4.78 is 0. The first-order valence-electron chi connectivity index (χ1n) is 24.2. The summed E-state index contributed by atoms with van der Waals surface area (Å²) in [6, 6.07) is 54.2. The molecule has 0 aliphatic heterocycles. The van der Waals surface area contributed by atoms with E-state index in [2.05, 4.69) is 254 Å². The van der Waals surface area contributed by atoms with Crippen LogP contribution in [0.3, 0.4) is 0 Å². The van der Waals surface area contributed by atoms with Crippen molar-refractivity contribution in [1.82, 2.24) is 0 Å². The van der Waals surface area contributed by atoms with Crippen LogP contribution < -0.4 is 10.4 Å². The Bertz CT molecular complexity index is 3280. The number of allylic oxidation sites excluding steroid dienone is 13. The summed E-state index contributed by atoms with van der Waals surface area (Å²) >= 11 is 0. The van der Waals surface area contributed by atoms with Gasteiger partial charge in [-0.2, -0.15) is 0 Å². The Balaban J connectivity index is 1.44. The van der Waals surface area contributed by atoms with Gasteiger partial charge >= 0.3 is 0 Å². The van der Waals surface area contributed by atoms with E-state index in [-0.39, 0.29) is 5.41 Å². The van der Waals surface area contributed by atoms with Crippen molar-refractivity contribution in [3.63, 3.8) is 0 Å². The molecule has 0 radical (unpaired) electrons. The van der Waals surface area contributed by atoms with Crippen LogP contribution in [0.1, 0.15) is 87.8 Å². The minimum absolute atomic E-state index is 0.156. The smallest absolute Gasteiger partial charge is 0.0159 e. The monoisotopic (exact) mass is 869 g/mol. The van der Waals surface area contributed by atoms with E-state index in [9.17, 15) is 0 Å². The standard InChI is InChI=1S/C67H64/c1-9-13-14-18-34-63(59(31-19-16-15-17-27-47(5)10-2)54-41-43-62-61-33-24-25-37-64(61)67(7,8)65(62)46-54)66(55-39-38-51-29-20-21-30-52(51)45-55)57-36-26-35-56(48(57)6)53-40-42-60(50(12-4)44-53)58-32-23-22-28-49(58)11-3/h9,13,15-46H,5-6,10-12,14H2,1-4,7-8H3/b13-9-,16-15+,27-17-,31-19-,34-18?,63-59-,66-57-. The van der Waals surface area contributed by atoms with E-state index in [4.69, 9.17) is 6.58 Å². The zero-order chi connectivity index (χ0) is 46.9. The van der Waals surface area contributed by atoms with Crippen LogP contribution in [0, 0.1) is 0 Å². The van der Waals surface area contributed by atoms with Crippen LogP contribution in [-0.4, -0.2) is 0 Å². The van der Waals surface area contributed by atoms with E-state index in [0.29, 0.717) is 0 Å². The maximum absolute atomic E-state index is 4.98. The zero-order valence-corrected chi connectivity index (χ0v) is 40.4. The van der Waals surface area contributed by atoms with Crippen molar-refractivity contribution < 1.29 is 0 Å². The normalized spacial score (nSPS) is 14.2. The SMILES string of the molecule is C=C(\C=C/C=C/C=C\C(=C(C=CC/C=C\C)\C(c1ccc2ccccc2c1)=c1\cccc(-c2ccc(-c3ccccc3CC)c(CC)c2)c1=C)c1ccc2c(c1)C(C)(C)c1ccccc1-2)CC. The predicted molar refractivity (Wildman–Crippen MR) is 294 cm³/mol. The lowest BCUT2D eigenvalue weighted by Gasteiger charge is -2.23. The molecule has 0 nitrogen and oxygen atoms in total. The number of hydrogen-bond acceptors (Lipinski definition) is 0. The highest BCUT2D eigenvalue weighted by molar-refractivity contribution is 5.98. The van der Waals surface area contributed by atoms with Gasteiger partial charge < -0.3 is 0 Å². The third-order valence-corrected chi connectivity index (χ3v) is 13.6. The number of fused-ring (bicyclic) bond motifs is 4. The Morgan fingerprint density at radius 3 is 1.97 bits per heavy atom. The fraction of sp³-hybridized carbons (Fsp3) is 0.164. The van der Waals surface area contributed by atoms with E-state index in [0.717, 1.165) is 69.5 Å². The molecule has 0 N–H and O–H groups in total. The maximum atomic E-state index is 4.98. The minimum Gasteiger partial charge on any atom is -0.0958 e. The Hall–Kier alpha value is -7.28. The summed E-state index contributed by atoms with van der Waals surface area (Å²) in [7, 11) is 0. The van der Waals surface area contributed by atoms with Crippen molar-refractivity contribution in [3.8, 4) is 33.4 Å². The van der Waals surface area contributed by atoms with Gasteiger partial charge in [0.1, 0.15) is 0 Å². The minimum atomic E-state index is -0.156. The topological polar surface area (TPSA) is 0 Å². The molecule has 0 atom stereocenters. The summed E-state index contributed by atoms with van der Waals surface area (Å²) in [4.78, 5) is 0. The molecule has 0 unspecified atom stereocenters. The van der Waals surface area contributed by atoms with Gasteiger partial charge in [-0.05, 0) is 149 Å². The average molecular weight is 869 g/mol. The highest BCUT2D eigenvalue weighted by Crippen LogP contribution is 2.49. The van der Waals surface area contributed by atoms with Crippen LogP contribution in [0.25, 0.3) is 61.9 Å². The molecular weight excluding hydrogens is 805 g/mol.